The van der Waals surface area contributed by atoms with Crippen LogP contribution in [-0.2, 0) is 4.74 Å². The van der Waals surface area contributed by atoms with Gasteiger partial charge in [-0.2, -0.15) is 0 Å². The van der Waals surface area contributed by atoms with E-state index >= 15 is 0 Å². The van der Waals surface area contributed by atoms with Gasteiger partial charge in [0.05, 0.1) is 0 Å². The third-order valence-electron chi connectivity index (χ3n) is 4.87. The summed E-state index contributed by atoms with van der Waals surface area (Å²) in [6.45, 7) is 8.12. The van der Waals surface area contributed by atoms with Gasteiger partial charge in [0.15, 0.2) is 0 Å². The Morgan fingerprint density at radius 2 is 1.42 bits per heavy atom. The second-order valence-corrected chi connectivity index (χ2v) is 16.9. The van der Waals surface area contributed by atoms with Crippen molar-refractivity contribution in [3.05, 3.63) is 0 Å². The number of hydrogen-bond donors (Lipinski definition) is 0. The van der Waals surface area contributed by atoms with Gasteiger partial charge in [0.25, 0.3) is 0 Å². The molecule has 0 aromatic rings. The van der Waals surface area contributed by atoms with Crippen LogP contribution in [0.3, 0.4) is 0 Å². The number of rotatable bonds is 11. The molecule has 1 atom stereocenters. The Bertz CT molecular complexity index is 190. The van der Waals surface area contributed by atoms with Crippen molar-refractivity contribution in [2.24, 2.45) is 0 Å². The van der Waals surface area contributed by atoms with Crippen LogP contribution in [0.4, 0.5) is 0 Å². The molecule has 0 amide bonds. The fraction of sp³-hybridized carbons (Fsp3) is 1.00. The number of ether oxygens (including phenoxy) is 1. The normalized spacial score (nSPS) is 20.1. The molecule has 0 aromatic carbocycles. The zero-order chi connectivity index (χ0) is 14.0. The zero-order valence-electron chi connectivity index (χ0n) is 13.7. The average molecular weight is 329 g/mol. The monoisotopic (exact) mass is 330 g/mol. The van der Waals surface area contributed by atoms with E-state index in [1.165, 1.54) is 56.6 Å². The van der Waals surface area contributed by atoms with Crippen LogP contribution >= 0.6 is 0 Å². The van der Waals surface area contributed by atoms with E-state index in [1.807, 2.05) is 0 Å². The van der Waals surface area contributed by atoms with Gasteiger partial charge in [0, 0.05) is 0 Å². The van der Waals surface area contributed by atoms with E-state index in [-0.39, 0.29) is 0 Å². The van der Waals surface area contributed by atoms with Crippen molar-refractivity contribution in [3.63, 3.8) is 0 Å². The Morgan fingerprint density at radius 1 is 0.895 bits per heavy atom. The van der Waals surface area contributed by atoms with Crippen molar-refractivity contribution in [1.29, 1.82) is 0 Å². The Kier molecular flexibility index (Phi) is 9.48. The topological polar surface area (TPSA) is 9.23 Å². The molecule has 0 aromatic heterocycles. The molecule has 1 rings (SSSR count). The molecule has 0 radical (unpaired) electrons. The predicted octanol–water partition coefficient (Wildman–Crippen LogP) is 6.01. The molecular weight excluding hydrogens is 293 g/mol. The Morgan fingerprint density at radius 3 is 1.79 bits per heavy atom. The molecule has 1 saturated heterocycles. The van der Waals surface area contributed by atoms with Gasteiger partial charge >= 0.3 is 124 Å². The van der Waals surface area contributed by atoms with Gasteiger partial charge in [-0.3, -0.25) is 0 Å². The molecule has 114 valence electrons. The van der Waals surface area contributed by atoms with E-state index in [4.69, 9.17) is 4.74 Å². The summed E-state index contributed by atoms with van der Waals surface area (Å²) in [5.41, 5.74) is 0. The van der Waals surface area contributed by atoms with Crippen molar-refractivity contribution >= 4 is 13.3 Å². The Labute approximate surface area is 124 Å². The molecule has 0 saturated carbocycles. The molecule has 1 heterocycles. The van der Waals surface area contributed by atoms with Crippen molar-refractivity contribution < 1.29 is 4.74 Å². The third kappa shape index (κ3) is 6.66. The first-order valence-electron chi connectivity index (χ1n) is 8.88. The third-order valence-corrected chi connectivity index (χ3v) is 16.5. The first-order chi connectivity index (χ1) is 9.26. The number of unbranched alkanes of at least 4 members (excludes halogenated alkanes) is 3. The Hall–Kier alpha value is 0.503. The quantitative estimate of drug-likeness (QED) is 0.422. The van der Waals surface area contributed by atoms with Crippen LogP contribution in [0, 0.1) is 0 Å². The Balaban J connectivity index is 2.61. The first-order valence-corrected chi connectivity index (χ1v) is 14.8. The van der Waals surface area contributed by atoms with Gasteiger partial charge in [-0.1, -0.05) is 0 Å². The molecule has 1 unspecified atom stereocenters. The van der Waals surface area contributed by atoms with Crippen LogP contribution < -0.4 is 0 Å². The van der Waals surface area contributed by atoms with Crippen molar-refractivity contribution in [3.8, 4) is 0 Å². The second-order valence-electron chi connectivity index (χ2n) is 6.65. The van der Waals surface area contributed by atoms with E-state index in [2.05, 4.69) is 20.8 Å². The van der Waals surface area contributed by atoms with Crippen molar-refractivity contribution in [2.75, 3.05) is 6.61 Å². The standard InChI is InChI=1S/C17H36GeO/c1-4-7-12-18(13-8-5-2,14-9-6-3)16-17-11-10-15-19-17/h17H,4-16H2,1-3H3. The second kappa shape index (κ2) is 10.3. The van der Waals surface area contributed by atoms with Crippen LogP contribution in [0.5, 0.6) is 0 Å². The SMILES string of the molecule is CCC[CH2][Ge]([CH2]CCC)([CH2]CCC)[CH2]C1CCCO1. The molecule has 1 aliphatic rings. The first kappa shape index (κ1) is 17.6. The van der Waals surface area contributed by atoms with E-state index in [1.54, 1.807) is 15.8 Å². The van der Waals surface area contributed by atoms with Gasteiger partial charge in [-0.25, -0.2) is 0 Å². The summed E-state index contributed by atoms with van der Waals surface area (Å²) in [6.07, 6.45) is 12.0. The molecule has 1 fully saturated rings. The summed E-state index contributed by atoms with van der Waals surface area (Å²) < 4.78 is 6.00. The van der Waals surface area contributed by atoms with Crippen LogP contribution in [0.1, 0.15) is 72.1 Å². The van der Waals surface area contributed by atoms with E-state index in [0.29, 0.717) is 6.10 Å². The molecule has 2 heteroatoms. The summed E-state index contributed by atoms with van der Waals surface area (Å²) in [6, 6.07) is 0. The molecule has 0 spiro atoms. The fourth-order valence-electron chi connectivity index (χ4n) is 3.62. The van der Waals surface area contributed by atoms with E-state index < -0.39 is 13.3 Å². The average Bonchev–Trinajstić information content (AvgIpc) is 2.93. The van der Waals surface area contributed by atoms with Crippen LogP contribution in [0.25, 0.3) is 0 Å². The van der Waals surface area contributed by atoms with Crippen molar-refractivity contribution in [2.45, 2.75) is 99.3 Å². The molecule has 1 nitrogen and oxygen atoms in total. The van der Waals surface area contributed by atoms with E-state index in [0.717, 1.165) is 6.61 Å². The van der Waals surface area contributed by atoms with Gasteiger partial charge in [0.2, 0.25) is 0 Å². The maximum absolute atomic E-state index is 6.00. The molecule has 0 aliphatic carbocycles. The summed E-state index contributed by atoms with van der Waals surface area (Å²) in [5, 5.41) is 6.39. The minimum absolute atomic E-state index is 0.658. The van der Waals surface area contributed by atoms with Gasteiger partial charge in [-0.05, 0) is 0 Å². The van der Waals surface area contributed by atoms with Crippen LogP contribution in [-0.4, -0.2) is 26.0 Å². The number of hydrogen-bond acceptors (Lipinski definition) is 1. The van der Waals surface area contributed by atoms with Gasteiger partial charge in [0.1, 0.15) is 0 Å². The predicted molar refractivity (Wildman–Crippen MR) is 88.7 cm³/mol. The molecule has 0 N–H and O–H groups in total. The van der Waals surface area contributed by atoms with Crippen LogP contribution in [0.15, 0.2) is 0 Å². The minimum atomic E-state index is -1.62. The van der Waals surface area contributed by atoms with Gasteiger partial charge < -0.3 is 0 Å². The summed E-state index contributed by atoms with van der Waals surface area (Å²) >= 11 is -1.62. The fourth-order valence-corrected chi connectivity index (χ4v) is 16.1. The van der Waals surface area contributed by atoms with Crippen LogP contribution in [0.2, 0.25) is 21.0 Å². The van der Waals surface area contributed by atoms with E-state index in [9.17, 15) is 0 Å². The molecule has 0 bridgehead atoms. The molecule has 1 aliphatic heterocycles. The summed E-state index contributed by atoms with van der Waals surface area (Å²) in [5.74, 6) is 0. The summed E-state index contributed by atoms with van der Waals surface area (Å²) in [7, 11) is 0. The zero-order valence-corrected chi connectivity index (χ0v) is 15.8. The van der Waals surface area contributed by atoms with Gasteiger partial charge in [-0.15, -0.1) is 0 Å². The molecular formula is C17H36GeO. The summed E-state index contributed by atoms with van der Waals surface area (Å²) in [4.78, 5) is 0. The molecule has 19 heavy (non-hydrogen) atoms. The maximum atomic E-state index is 6.00. The van der Waals surface area contributed by atoms with Crippen molar-refractivity contribution in [1.82, 2.24) is 0 Å².